The minimum Gasteiger partial charge on any atom is -0.399 e. The first-order valence-corrected chi connectivity index (χ1v) is 4.99. The fourth-order valence-electron chi connectivity index (χ4n) is 0.858. The van der Waals surface area contributed by atoms with Crippen LogP contribution in [0, 0.1) is 0 Å². The number of hydrogen-bond donors (Lipinski definition) is 3. The molecule has 0 aromatic heterocycles. The Bertz CT molecular complexity index is 385. The van der Waals surface area contributed by atoms with E-state index in [0.717, 1.165) is 0 Å². The lowest BCUT2D eigenvalue weighted by Crippen LogP contribution is -2.20. The van der Waals surface area contributed by atoms with Crippen molar-refractivity contribution in [2.75, 3.05) is 5.73 Å². The quantitative estimate of drug-likeness (QED) is 0.466. The third-order valence-corrected chi connectivity index (χ3v) is 2.50. The first kappa shape index (κ1) is 9.97. The molecule has 5 N–H and O–H groups in total. The molecule has 0 amide bonds. The molecule has 13 heavy (non-hydrogen) atoms. The zero-order valence-electron chi connectivity index (χ0n) is 6.71. The van der Waals surface area contributed by atoms with Crippen LogP contribution in [0.25, 0.3) is 0 Å². The molecule has 0 saturated heterocycles. The number of rotatable bonds is 2. The highest BCUT2D eigenvalue weighted by atomic mass is 32.2. The van der Waals surface area contributed by atoms with Crippen LogP contribution in [-0.2, 0) is 10.1 Å². The normalized spacial score (nSPS) is 14.0. The van der Waals surface area contributed by atoms with Gasteiger partial charge in [-0.15, -0.1) is 0 Å². The van der Waals surface area contributed by atoms with Crippen LogP contribution in [-0.4, -0.2) is 13.0 Å². The van der Waals surface area contributed by atoms with Gasteiger partial charge >= 0.3 is 0 Å². The number of anilines is 1. The third-order valence-electron chi connectivity index (χ3n) is 1.59. The van der Waals surface area contributed by atoms with Gasteiger partial charge in [0.2, 0.25) is 0 Å². The molecule has 0 aliphatic heterocycles. The molecule has 72 valence electrons. The largest absolute Gasteiger partial charge is 0.399 e. The average Bonchev–Trinajstić information content (AvgIpc) is 2.03. The maximum absolute atomic E-state index is 10.6. The monoisotopic (exact) mass is 202 g/mol. The summed E-state index contributed by atoms with van der Waals surface area (Å²) in [6, 6.07) is 5.93. The Hall–Kier alpha value is -1.11. The summed E-state index contributed by atoms with van der Waals surface area (Å²) < 4.78 is 29.9. The molecular formula is C7H10N2O3S. The first-order valence-electron chi connectivity index (χ1n) is 3.48. The molecule has 1 aromatic rings. The van der Waals surface area contributed by atoms with Crippen LogP contribution in [0.3, 0.4) is 0 Å². The van der Waals surface area contributed by atoms with Gasteiger partial charge in [0.05, 0.1) is 0 Å². The standard InChI is InChI=1S/C7H10N2O3S/c8-6-3-1-5(2-4-6)7(9)13(10,11)12/h1-4,7H,8-9H2,(H,10,11,12). The smallest absolute Gasteiger partial charge is 0.285 e. The second-order valence-electron chi connectivity index (χ2n) is 2.60. The van der Waals surface area contributed by atoms with E-state index in [4.69, 9.17) is 16.0 Å². The Labute approximate surface area is 76.1 Å². The highest BCUT2D eigenvalue weighted by molar-refractivity contribution is 7.86. The van der Waals surface area contributed by atoms with Gasteiger partial charge in [-0.05, 0) is 17.7 Å². The molecule has 1 atom stereocenters. The van der Waals surface area contributed by atoms with E-state index in [1.807, 2.05) is 0 Å². The molecule has 0 heterocycles. The SMILES string of the molecule is Nc1ccc(C(N)S(=O)(=O)O)cc1. The number of benzene rings is 1. The van der Waals surface area contributed by atoms with Crippen molar-refractivity contribution in [3.05, 3.63) is 29.8 Å². The Morgan fingerprint density at radius 3 is 2.08 bits per heavy atom. The number of nitrogen functional groups attached to an aromatic ring is 1. The van der Waals surface area contributed by atoms with Gasteiger partial charge in [-0.1, -0.05) is 12.1 Å². The van der Waals surface area contributed by atoms with Crippen LogP contribution in [0.4, 0.5) is 5.69 Å². The van der Waals surface area contributed by atoms with Crippen molar-refractivity contribution in [2.45, 2.75) is 5.37 Å². The molecule has 1 aromatic carbocycles. The van der Waals surface area contributed by atoms with Crippen molar-refractivity contribution in [3.63, 3.8) is 0 Å². The molecule has 1 unspecified atom stereocenters. The van der Waals surface area contributed by atoms with Gasteiger partial charge in [-0.25, -0.2) is 0 Å². The van der Waals surface area contributed by atoms with Gasteiger partial charge < -0.3 is 11.5 Å². The summed E-state index contributed by atoms with van der Waals surface area (Å²) in [6.45, 7) is 0. The van der Waals surface area contributed by atoms with E-state index in [-0.39, 0.29) is 0 Å². The summed E-state index contributed by atoms with van der Waals surface area (Å²) in [5.74, 6) is 0. The zero-order valence-corrected chi connectivity index (χ0v) is 7.53. The van der Waals surface area contributed by atoms with E-state index in [9.17, 15) is 8.42 Å². The van der Waals surface area contributed by atoms with Crippen molar-refractivity contribution < 1.29 is 13.0 Å². The molecule has 0 spiro atoms. The topological polar surface area (TPSA) is 106 Å². The summed E-state index contributed by atoms with van der Waals surface area (Å²) in [4.78, 5) is 0. The summed E-state index contributed by atoms with van der Waals surface area (Å²) in [7, 11) is -4.23. The summed E-state index contributed by atoms with van der Waals surface area (Å²) >= 11 is 0. The van der Waals surface area contributed by atoms with E-state index in [1.165, 1.54) is 24.3 Å². The summed E-state index contributed by atoms with van der Waals surface area (Å²) in [5, 5.41) is -1.41. The van der Waals surface area contributed by atoms with E-state index in [0.29, 0.717) is 11.3 Å². The molecule has 0 bridgehead atoms. The Balaban J connectivity index is 3.04. The Morgan fingerprint density at radius 2 is 1.69 bits per heavy atom. The van der Waals surface area contributed by atoms with Crippen LogP contribution in [0.5, 0.6) is 0 Å². The fraction of sp³-hybridized carbons (Fsp3) is 0.143. The van der Waals surface area contributed by atoms with E-state index in [2.05, 4.69) is 0 Å². The van der Waals surface area contributed by atoms with Gasteiger partial charge in [-0.3, -0.25) is 4.55 Å². The van der Waals surface area contributed by atoms with Crippen molar-refractivity contribution in [2.24, 2.45) is 5.73 Å². The van der Waals surface area contributed by atoms with E-state index in [1.54, 1.807) is 0 Å². The molecule has 0 aliphatic rings. The van der Waals surface area contributed by atoms with Crippen LogP contribution in [0.2, 0.25) is 0 Å². The average molecular weight is 202 g/mol. The predicted octanol–water partition coefficient (Wildman–Crippen LogP) is 0.114. The number of hydrogen-bond acceptors (Lipinski definition) is 4. The van der Waals surface area contributed by atoms with Crippen LogP contribution in [0.15, 0.2) is 24.3 Å². The molecule has 0 aliphatic carbocycles. The minimum absolute atomic E-state index is 0.303. The molecule has 1 rings (SSSR count). The fourth-order valence-corrected chi connectivity index (χ4v) is 1.36. The lowest BCUT2D eigenvalue weighted by Gasteiger charge is -2.07. The van der Waals surface area contributed by atoms with E-state index >= 15 is 0 Å². The maximum atomic E-state index is 10.6. The second kappa shape index (κ2) is 3.33. The predicted molar refractivity (Wildman–Crippen MR) is 49.3 cm³/mol. The molecule has 6 heteroatoms. The number of nitrogens with two attached hydrogens (primary N) is 2. The molecule has 5 nitrogen and oxygen atoms in total. The molecule has 0 fully saturated rings. The third kappa shape index (κ3) is 2.41. The lowest BCUT2D eigenvalue weighted by molar-refractivity contribution is 0.470. The van der Waals surface area contributed by atoms with Crippen LogP contribution in [0.1, 0.15) is 10.9 Å². The molecule has 0 saturated carbocycles. The summed E-state index contributed by atoms with van der Waals surface area (Å²) in [5.41, 5.74) is 11.4. The van der Waals surface area contributed by atoms with Crippen molar-refractivity contribution in [1.29, 1.82) is 0 Å². The van der Waals surface area contributed by atoms with Gasteiger partial charge in [0, 0.05) is 5.69 Å². The Kier molecular flexibility index (Phi) is 2.55. The first-order chi connectivity index (χ1) is 5.91. The van der Waals surface area contributed by atoms with Gasteiger partial charge in [-0.2, -0.15) is 8.42 Å². The van der Waals surface area contributed by atoms with Crippen LogP contribution >= 0.6 is 0 Å². The van der Waals surface area contributed by atoms with Crippen molar-refractivity contribution in [3.8, 4) is 0 Å². The summed E-state index contributed by atoms with van der Waals surface area (Å²) in [6.07, 6.45) is 0. The molecule has 0 radical (unpaired) electrons. The van der Waals surface area contributed by atoms with Crippen molar-refractivity contribution in [1.82, 2.24) is 0 Å². The van der Waals surface area contributed by atoms with Crippen LogP contribution < -0.4 is 11.5 Å². The lowest BCUT2D eigenvalue weighted by atomic mass is 10.2. The maximum Gasteiger partial charge on any atom is 0.285 e. The zero-order chi connectivity index (χ0) is 10.1. The Morgan fingerprint density at radius 1 is 1.23 bits per heavy atom. The van der Waals surface area contributed by atoms with Crippen molar-refractivity contribution >= 4 is 15.8 Å². The highest BCUT2D eigenvalue weighted by Crippen LogP contribution is 2.16. The van der Waals surface area contributed by atoms with Gasteiger partial charge in [0.15, 0.2) is 5.37 Å². The van der Waals surface area contributed by atoms with Gasteiger partial charge in [0.25, 0.3) is 10.1 Å². The minimum atomic E-state index is -4.23. The second-order valence-corrected chi connectivity index (χ2v) is 4.14. The molecular weight excluding hydrogens is 192 g/mol. The highest BCUT2D eigenvalue weighted by Gasteiger charge is 2.19. The van der Waals surface area contributed by atoms with Gasteiger partial charge in [0.1, 0.15) is 0 Å². The van der Waals surface area contributed by atoms with E-state index < -0.39 is 15.5 Å².